The molecule has 2 aromatic carbocycles. The number of carbonyl (C=O) groups excluding carboxylic acids is 1. The molecule has 36 heavy (non-hydrogen) atoms. The van der Waals surface area contributed by atoms with Crippen molar-refractivity contribution in [1.29, 1.82) is 0 Å². The van der Waals surface area contributed by atoms with Crippen molar-refractivity contribution in [2.75, 3.05) is 23.3 Å². The summed E-state index contributed by atoms with van der Waals surface area (Å²) < 4.78 is 2.44. The number of hydrogen-bond donors (Lipinski definition) is 1. The summed E-state index contributed by atoms with van der Waals surface area (Å²) in [5, 5.41) is 18.5. The summed E-state index contributed by atoms with van der Waals surface area (Å²) in [6, 6.07) is 13.8. The maximum absolute atomic E-state index is 13.0. The molecule has 0 spiro atoms. The molecule has 4 aromatic rings. The summed E-state index contributed by atoms with van der Waals surface area (Å²) in [4.78, 5) is 43.1. The second-order valence-corrected chi connectivity index (χ2v) is 8.71. The highest BCUT2D eigenvalue weighted by Gasteiger charge is 2.19. The zero-order valence-electron chi connectivity index (χ0n) is 19.5. The van der Waals surface area contributed by atoms with Crippen LogP contribution in [0.4, 0.5) is 17.1 Å². The van der Waals surface area contributed by atoms with E-state index >= 15 is 0 Å². The molecule has 2 aromatic heterocycles. The number of para-hydroxylation sites is 2. The third-order valence-electron chi connectivity index (χ3n) is 6.30. The lowest BCUT2D eigenvalue weighted by molar-refractivity contribution is -0.384. The van der Waals surface area contributed by atoms with Crippen LogP contribution in [0, 0.1) is 10.1 Å². The number of nitrogens with zero attached hydrogens (tertiary/aromatic N) is 6. The Balaban J connectivity index is 1.31. The molecule has 0 saturated carbocycles. The molecular formula is C25H25N7O4. The van der Waals surface area contributed by atoms with Gasteiger partial charge in [0.1, 0.15) is 23.9 Å². The van der Waals surface area contributed by atoms with Crippen LogP contribution in [-0.4, -0.2) is 43.3 Å². The number of anilines is 2. The molecule has 3 heterocycles. The highest BCUT2D eigenvalue weighted by Crippen LogP contribution is 2.24. The summed E-state index contributed by atoms with van der Waals surface area (Å²) >= 11 is 0. The van der Waals surface area contributed by atoms with Gasteiger partial charge < -0.3 is 10.2 Å². The van der Waals surface area contributed by atoms with Gasteiger partial charge in [-0.15, -0.1) is 0 Å². The molecule has 1 N–H and O–H groups in total. The maximum atomic E-state index is 13.0. The van der Waals surface area contributed by atoms with E-state index in [0.717, 1.165) is 18.8 Å². The molecule has 0 aliphatic carbocycles. The molecule has 1 aliphatic heterocycles. The van der Waals surface area contributed by atoms with Gasteiger partial charge in [0.25, 0.3) is 11.2 Å². The van der Waals surface area contributed by atoms with Gasteiger partial charge in [-0.05, 0) is 43.2 Å². The van der Waals surface area contributed by atoms with Gasteiger partial charge in [-0.1, -0.05) is 25.0 Å². The Labute approximate surface area is 206 Å². The van der Waals surface area contributed by atoms with Crippen LogP contribution in [0.15, 0.2) is 65.8 Å². The summed E-state index contributed by atoms with van der Waals surface area (Å²) in [7, 11) is 0. The van der Waals surface area contributed by atoms with Gasteiger partial charge in [0.2, 0.25) is 5.91 Å². The van der Waals surface area contributed by atoms with Crippen LogP contribution < -0.4 is 15.8 Å². The number of hydrogen-bond acceptors (Lipinski definition) is 7. The number of benzene rings is 2. The van der Waals surface area contributed by atoms with Gasteiger partial charge in [-0.2, -0.15) is 5.10 Å². The number of nitro benzene ring substituents is 1. The predicted molar refractivity (Wildman–Crippen MR) is 136 cm³/mol. The molecule has 0 unspecified atom stereocenters. The van der Waals surface area contributed by atoms with Crippen LogP contribution in [0.1, 0.15) is 25.7 Å². The Bertz CT molecular complexity index is 1470. The second kappa shape index (κ2) is 9.98. The molecule has 0 bridgehead atoms. The number of carbonyl (C=O) groups is 1. The van der Waals surface area contributed by atoms with Gasteiger partial charge in [-0.25, -0.2) is 9.67 Å². The van der Waals surface area contributed by atoms with Crippen LogP contribution in [0.5, 0.6) is 0 Å². The SMILES string of the molecule is O=C(Cn1cnc2c(cnn2-c2ccccc2[N+](=O)[O-])c1=O)Nc1ccc(N2CCCCCC2)cc1. The minimum atomic E-state index is -0.519. The molecule has 11 nitrogen and oxygen atoms in total. The van der Waals surface area contributed by atoms with E-state index in [2.05, 4.69) is 20.3 Å². The van der Waals surface area contributed by atoms with E-state index < -0.39 is 10.5 Å². The van der Waals surface area contributed by atoms with Crippen LogP contribution in [0.3, 0.4) is 0 Å². The molecule has 5 rings (SSSR count). The fourth-order valence-electron chi connectivity index (χ4n) is 4.47. The fraction of sp³-hybridized carbons (Fsp3) is 0.280. The first-order chi connectivity index (χ1) is 17.5. The van der Waals surface area contributed by atoms with Crippen molar-refractivity contribution in [2.24, 2.45) is 0 Å². The first-order valence-electron chi connectivity index (χ1n) is 11.8. The largest absolute Gasteiger partial charge is 0.372 e. The standard InChI is InChI=1S/C25H25N7O4/c33-23(28-18-9-11-19(12-10-18)29-13-5-1-2-6-14-29)16-30-17-26-24-20(25(30)34)15-27-31(24)21-7-3-4-8-22(21)32(35)36/h3-4,7-12,15,17H,1-2,5-6,13-14,16H2,(H,28,33). The number of fused-ring (bicyclic) bond motifs is 1. The van der Waals surface area contributed by atoms with E-state index in [1.807, 2.05) is 24.3 Å². The minimum Gasteiger partial charge on any atom is -0.372 e. The fourth-order valence-corrected chi connectivity index (χ4v) is 4.47. The van der Waals surface area contributed by atoms with Gasteiger partial charge in [0, 0.05) is 30.5 Å². The Morgan fingerprint density at radius 1 is 1.03 bits per heavy atom. The molecular weight excluding hydrogens is 462 g/mol. The smallest absolute Gasteiger partial charge is 0.294 e. The average Bonchev–Trinajstić information content (AvgIpc) is 3.13. The summed E-state index contributed by atoms with van der Waals surface area (Å²) in [5.74, 6) is -0.369. The quantitative estimate of drug-likeness (QED) is 0.326. The summed E-state index contributed by atoms with van der Waals surface area (Å²) in [6.45, 7) is 1.85. The van der Waals surface area contributed by atoms with Crippen LogP contribution in [-0.2, 0) is 11.3 Å². The van der Waals surface area contributed by atoms with E-state index in [0.29, 0.717) is 5.69 Å². The number of amides is 1. The van der Waals surface area contributed by atoms with E-state index in [9.17, 15) is 19.7 Å². The molecule has 1 amide bonds. The van der Waals surface area contributed by atoms with Gasteiger partial charge in [0.15, 0.2) is 5.65 Å². The number of nitro groups is 1. The van der Waals surface area contributed by atoms with E-state index in [1.54, 1.807) is 12.1 Å². The Kier molecular flexibility index (Phi) is 6.44. The molecule has 184 valence electrons. The highest BCUT2D eigenvalue weighted by atomic mass is 16.6. The molecule has 1 saturated heterocycles. The lowest BCUT2D eigenvalue weighted by Gasteiger charge is -2.22. The molecule has 0 radical (unpaired) electrons. The van der Waals surface area contributed by atoms with E-state index in [-0.39, 0.29) is 34.9 Å². The van der Waals surface area contributed by atoms with Gasteiger partial charge >= 0.3 is 0 Å². The highest BCUT2D eigenvalue weighted by molar-refractivity contribution is 5.91. The van der Waals surface area contributed by atoms with Crippen LogP contribution in [0.25, 0.3) is 16.7 Å². The van der Waals surface area contributed by atoms with Gasteiger partial charge in [-0.3, -0.25) is 24.3 Å². The van der Waals surface area contributed by atoms with Crippen molar-refractivity contribution in [1.82, 2.24) is 19.3 Å². The minimum absolute atomic E-state index is 0.158. The predicted octanol–water partition coefficient (Wildman–Crippen LogP) is 3.51. The van der Waals surface area contributed by atoms with E-state index in [1.165, 1.54) is 59.6 Å². The maximum Gasteiger partial charge on any atom is 0.294 e. The normalized spacial score (nSPS) is 13.9. The number of rotatable bonds is 6. The lowest BCUT2D eigenvalue weighted by atomic mass is 10.2. The monoisotopic (exact) mass is 487 g/mol. The van der Waals surface area contributed by atoms with Crippen molar-refractivity contribution >= 4 is 34.0 Å². The molecule has 1 fully saturated rings. The lowest BCUT2D eigenvalue weighted by Crippen LogP contribution is -2.28. The van der Waals surface area contributed by atoms with Crippen molar-refractivity contribution in [3.8, 4) is 5.69 Å². The molecule has 11 heteroatoms. The van der Waals surface area contributed by atoms with Gasteiger partial charge in [0.05, 0.1) is 11.1 Å². The van der Waals surface area contributed by atoms with Crippen molar-refractivity contribution in [3.05, 3.63) is 81.5 Å². The van der Waals surface area contributed by atoms with Crippen LogP contribution in [0.2, 0.25) is 0 Å². The topological polar surface area (TPSA) is 128 Å². The number of aromatic nitrogens is 4. The molecule has 0 atom stereocenters. The Hall–Kier alpha value is -4.54. The third-order valence-corrected chi connectivity index (χ3v) is 6.30. The summed E-state index contributed by atoms with van der Waals surface area (Å²) in [6.07, 6.45) is 7.45. The molecule has 1 aliphatic rings. The van der Waals surface area contributed by atoms with E-state index in [4.69, 9.17) is 0 Å². The zero-order valence-corrected chi connectivity index (χ0v) is 19.5. The first kappa shape index (κ1) is 23.2. The Morgan fingerprint density at radius 3 is 2.47 bits per heavy atom. The Morgan fingerprint density at radius 2 is 1.75 bits per heavy atom. The second-order valence-electron chi connectivity index (χ2n) is 8.71. The first-order valence-corrected chi connectivity index (χ1v) is 11.8. The third kappa shape index (κ3) is 4.67. The van der Waals surface area contributed by atoms with Crippen molar-refractivity contribution < 1.29 is 9.72 Å². The average molecular weight is 488 g/mol. The number of nitrogens with one attached hydrogen (secondary N) is 1. The summed E-state index contributed by atoms with van der Waals surface area (Å²) in [5.41, 5.74) is 1.53. The van der Waals surface area contributed by atoms with Crippen molar-refractivity contribution in [2.45, 2.75) is 32.2 Å². The zero-order chi connectivity index (χ0) is 25.1. The van der Waals surface area contributed by atoms with Crippen LogP contribution >= 0.6 is 0 Å². The van der Waals surface area contributed by atoms with Crippen molar-refractivity contribution in [3.63, 3.8) is 0 Å².